The van der Waals surface area contributed by atoms with Gasteiger partial charge in [-0.25, -0.2) is 18.4 Å². The zero-order valence-corrected chi connectivity index (χ0v) is 9.82. The summed E-state index contributed by atoms with van der Waals surface area (Å²) in [6.07, 6.45) is 0.0317. The third kappa shape index (κ3) is 3.03. The van der Waals surface area contributed by atoms with Gasteiger partial charge < -0.3 is 4.74 Å². The molecule has 2 N–H and O–H groups in total. The Kier molecular flexibility index (Phi) is 3.83. The first-order chi connectivity index (χ1) is 7.90. The number of sulfonamides is 1. The second kappa shape index (κ2) is 4.95. The SMILES string of the molecule is COC(=O)c1ccc(CC#N)cc1S(N)(=O)=O. The van der Waals surface area contributed by atoms with Crippen LogP contribution in [0.25, 0.3) is 0 Å². The summed E-state index contributed by atoms with van der Waals surface area (Å²) in [5.41, 5.74) is 0.320. The van der Waals surface area contributed by atoms with Crippen LogP contribution >= 0.6 is 0 Å². The van der Waals surface area contributed by atoms with E-state index in [1.54, 1.807) is 0 Å². The molecule has 0 aliphatic heterocycles. The second-order valence-corrected chi connectivity index (χ2v) is 4.73. The Morgan fingerprint density at radius 2 is 2.18 bits per heavy atom. The molecule has 0 spiro atoms. The van der Waals surface area contributed by atoms with E-state index in [4.69, 9.17) is 10.4 Å². The van der Waals surface area contributed by atoms with Crippen LogP contribution in [0.2, 0.25) is 0 Å². The Labute approximate surface area is 98.7 Å². The zero-order valence-electron chi connectivity index (χ0n) is 9.00. The van der Waals surface area contributed by atoms with E-state index in [9.17, 15) is 13.2 Å². The first-order valence-corrected chi connectivity index (χ1v) is 6.05. The van der Waals surface area contributed by atoms with Crippen molar-refractivity contribution in [2.24, 2.45) is 5.14 Å². The lowest BCUT2D eigenvalue weighted by Gasteiger charge is -2.07. The van der Waals surface area contributed by atoms with Crippen molar-refractivity contribution in [3.63, 3.8) is 0 Å². The molecule has 0 saturated carbocycles. The first kappa shape index (κ1) is 13.2. The number of primary sulfonamides is 1. The van der Waals surface area contributed by atoms with Crippen LogP contribution < -0.4 is 5.14 Å². The lowest BCUT2D eigenvalue weighted by molar-refractivity contribution is 0.0596. The Balaban J connectivity index is 3.44. The van der Waals surface area contributed by atoms with Crippen LogP contribution in [0.15, 0.2) is 23.1 Å². The van der Waals surface area contributed by atoms with Crippen molar-refractivity contribution in [1.29, 1.82) is 5.26 Å². The number of carbonyl (C=O) groups excluding carboxylic acids is 1. The Bertz CT molecular complexity index is 587. The summed E-state index contributed by atoms with van der Waals surface area (Å²) in [7, 11) is -2.90. The number of rotatable bonds is 3. The van der Waals surface area contributed by atoms with E-state index >= 15 is 0 Å². The summed E-state index contributed by atoms with van der Waals surface area (Å²) in [5, 5.41) is 13.5. The quantitative estimate of drug-likeness (QED) is 0.774. The Hall–Kier alpha value is -1.91. The van der Waals surface area contributed by atoms with Crippen LogP contribution in [0.1, 0.15) is 15.9 Å². The van der Waals surface area contributed by atoms with E-state index in [2.05, 4.69) is 4.74 Å². The fourth-order valence-corrected chi connectivity index (χ4v) is 2.06. The van der Waals surface area contributed by atoms with Crippen LogP contribution in [0.3, 0.4) is 0 Å². The predicted molar refractivity (Wildman–Crippen MR) is 58.5 cm³/mol. The Morgan fingerprint density at radius 3 is 2.65 bits per heavy atom. The fraction of sp³-hybridized carbons (Fsp3) is 0.200. The number of nitrogens with two attached hydrogens (primary N) is 1. The van der Waals surface area contributed by atoms with Crippen LogP contribution in [0.4, 0.5) is 0 Å². The maximum absolute atomic E-state index is 11.3. The highest BCUT2D eigenvalue weighted by atomic mass is 32.2. The molecule has 0 heterocycles. The van der Waals surface area contributed by atoms with E-state index in [0.29, 0.717) is 5.56 Å². The molecule has 0 aromatic heterocycles. The van der Waals surface area contributed by atoms with Gasteiger partial charge in [0.1, 0.15) is 0 Å². The summed E-state index contributed by atoms with van der Waals surface area (Å²) >= 11 is 0. The molecular weight excluding hydrogens is 244 g/mol. The Morgan fingerprint density at radius 1 is 1.53 bits per heavy atom. The minimum Gasteiger partial charge on any atom is -0.465 e. The van der Waals surface area contributed by atoms with Gasteiger partial charge in [0.15, 0.2) is 0 Å². The van der Waals surface area contributed by atoms with E-state index < -0.39 is 16.0 Å². The third-order valence-electron chi connectivity index (χ3n) is 2.04. The number of ether oxygens (including phenoxy) is 1. The summed E-state index contributed by atoms with van der Waals surface area (Å²) in [4.78, 5) is 11.0. The van der Waals surface area contributed by atoms with Gasteiger partial charge in [0.25, 0.3) is 0 Å². The van der Waals surface area contributed by atoms with E-state index in [1.165, 1.54) is 18.2 Å². The van der Waals surface area contributed by atoms with Crippen LogP contribution in [-0.2, 0) is 21.2 Å². The molecule has 90 valence electrons. The van der Waals surface area contributed by atoms with Crippen molar-refractivity contribution >= 4 is 16.0 Å². The van der Waals surface area contributed by atoms with Gasteiger partial charge in [-0.3, -0.25) is 0 Å². The molecule has 6 nitrogen and oxygen atoms in total. The number of methoxy groups -OCH3 is 1. The largest absolute Gasteiger partial charge is 0.465 e. The molecule has 0 saturated heterocycles. The third-order valence-corrected chi connectivity index (χ3v) is 2.99. The molecule has 0 bridgehead atoms. The molecule has 0 aliphatic rings. The maximum Gasteiger partial charge on any atom is 0.339 e. The second-order valence-electron chi connectivity index (χ2n) is 3.20. The van der Waals surface area contributed by atoms with Crippen LogP contribution in [0.5, 0.6) is 0 Å². The molecule has 0 radical (unpaired) electrons. The van der Waals surface area contributed by atoms with Gasteiger partial charge in [-0.05, 0) is 17.7 Å². The molecular formula is C10H10N2O4S. The number of nitrogens with zero attached hydrogens (tertiary/aromatic N) is 1. The van der Waals surface area contributed by atoms with Gasteiger partial charge in [-0.1, -0.05) is 6.07 Å². The number of esters is 1. The van der Waals surface area contributed by atoms with Crippen molar-refractivity contribution in [1.82, 2.24) is 0 Å². The smallest absolute Gasteiger partial charge is 0.339 e. The molecule has 0 unspecified atom stereocenters. The average molecular weight is 254 g/mol. The van der Waals surface area contributed by atoms with Crippen molar-refractivity contribution in [3.05, 3.63) is 29.3 Å². The highest BCUT2D eigenvalue weighted by Gasteiger charge is 2.20. The number of benzene rings is 1. The number of nitriles is 1. The minimum atomic E-state index is -4.04. The monoisotopic (exact) mass is 254 g/mol. The van der Waals surface area contributed by atoms with Gasteiger partial charge >= 0.3 is 5.97 Å². The lowest BCUT2D eigenvalue weighted by atomic mass is 10.1. The van der Waals surface area contributed by atoms with Crippen LogP contribution in [-0.4, -0.2) is 21.5 Å². The maximum atomic E-state index is 11.3. The summed E-state index contributed by atoms with van der Waals surface area (Å²) in [5.74, 6) is -0.794. The first-order valence-electron chi connectivity index (χ1n) is 4.51. The summed E-state index contributed by atoms with van der Waals surface area (Å²) in [6.45, 7) is 0. The predicted octanol–water partition coefficient (Wildman–Crippen LogP) is 0.187. The van der Waals surface area contributed by atoms with Gasteiger partial charge in [0.2, 0.25) is 10.0 Å². The standard InChI is InChI=1S/C10H10N2O4S/c1-16-10(13)8-3-2-7(4-5-11)6-9(8)17(12,14)15/h2-3,6H,4H2,1H3,(H2,12,14,15). The summed E-state index contributed by atoms with van der Waals surface area (Å²) in [6, 6.07) is 5.83. The molecule has 0 amide bonds. The molecule has 0 fully saturated rings. The average Bonchev–Trinajstić information content (AvgIpc) is 2.27. The van der Waals surface area contributed by atoms with E-state index in [1.807, 2.05) is 6.07 Å². The van der Waals surface area contributed by atoms with Crippen molar-refractivity contribution in [2.75, 3.05) is 7.11 Å². The molecule has 1 rings (SSSR count). The molecule has 0 aliphatic carbocycles. The van der Waals surface area contributed by atoms with Crippen LogP contribution in [0, 0.1) is 11.3 Å². The van der Waals surface area contributed by atoms with Crippen molar-refractivity contribution in [3.8, 4) is 6.07 Å². The molecule has 17 heavy (non-hydrogen) atoms. The number of carbonyl (C=O) groups is 1. The molecule has 0 atom stereocenters. The number of hydrogen-bond donors (Lipinski definition) is 1. The van der Waals surface area contributed by atoms with Gasteiger partial charge in [-0.2, -0.15) is 5.26 Å². The van der Waals surface area contributed by atoms with Crippen molar-refractivity contribution in [2.45, 2.75) is 11.3 Å². The molecule has 1 aromatic carbocycles. The van der Waals surface area contributed by atoms with Gasteiger partial charge in [0.05, 0.1) is 30.1 Å². The molecule has 1 aromatic rings. The van der Waals surface area contributed by atoms with E-state index in [-0.39, 0.29) is 16.9 Å². The fourth-order valence-electron chi connectivity index (χ4n) is 1.28. The van der Waals surface area contributed by atoms with E-state index in [0.717, 1.165) is 7.11 Å². The highest BCUT2D eigenvalue weighted by molar-refractivity contribution is 7.89. The normalized spacial score (nSPS) is 10.6. The lowest BCUT2D eigenvalue weighted by Crippen LogP contribution is -2.17. The van der Waals surface area contributed by atoms with Gasteiger partial charge in [0, 0.05) is 0 Å². The minimum absolute atomic E-state index is 0.0317. The van der Waals surface area contributed by atoms with Gasteiger partial charge in [-0.15, -0.1) is 0 Å². The number of hydrogen-bond acceptors (Lipinski definition) is 5. The topological polar surface area (TPSA) is 110 Å². The van der Waals surface area contributed by atoms with Crippen molar-refractivity contribution < 1.29 is 17.9 Å². The molecule has 7 heteroatoms. The highest BCUT2D eigenvalue weighted by Crippen LogP contribution is 2.17. The summed E-state index contributed by atoms with van der Waals surface area (Å²) < 4.78 is 27.1. The zero-order chi connectivity index (χ0) is 13.1.